The zero-order valence-electron chi connectivity index (χ0n) is 15.7. The first-order valence-corrected chi connectivity index (χ1v) is 9.24. The van der Waals surface area contributed by atoms with E-state index in [0.29, 0.717) is 39.1 Å². The molecule has 1 aliphatic rings. The molecule has 28 heavy (non-hydrogen) atoms. The lowest BCUT2D eigenvalue weighted by atomic mass is 10.1. The topological polar surface area (TPSA) is 136 Å². The Morgan fingerprint density at radius 1 is 1.29 bits per heavy atom. The number of Topliss-reactive ketones (excluding diaryl/α,β-unsaturated/α-hetero) is 1. The average Bonchev–Trinajstić information content (AvgIpc) is 3.19. The maximum atomic E-state index is 12.7. The van der Waals surface area contributed by atoms with Crippen LogP contribution in [0.2, 0.25) is 0 Å². The lowest BCUT2D eigenvalue weighted by molar-refractivity contribution is -0.895. The van der Waals surface area contributed by atoms with E-state index in [1.54, 1.807) is 17.0 Å². The van der Waals surface area contributed by atoms with Crippen molar-refractivity contribution in [3.63, 3.8) is 0 Å². The van der Waals surface area contributed by atoms with Crippen LogP contribution in [0.15, 0.2) is 32.4 Å². The number of hydrogen-bond acceptors (Lipinski definition) is 6. The number of carbonyl (C=O) groups excluding carboxylic acids is 2. The Balaban J connectivity index is 1.67. The number of nitrogens with one attached hydrogen (secondary N) is 2. The Kier molecular flexibility index (Phi) is 5.78. The van der Waals surface area contributed by atoms with Crippen molar-refractivity contribution < 1.29 is 18.9 Å². The molecule has 4 N–H and O–H groups in total. The molecule has 1 fully saturated rings. The number of rotatable bonds is 6. The number of aromatic amines is 1. The van der Waals surface area contributed by atoms with Gasteiger partial charge in [0.25, 0.3) is 11.5 Å². The van der Waals surface area contributed by atoms with Crippen molar-refractivity contribution >= 4 is 17.5 Å². The summed E-state index contributed by atoms with van der Waals surface area (Å²) in [4.78, 5) is 53.8. The molecule has 0 spiro atoms. The first-order valence-electron chi connectivity index (χ1n) is 9.24. The Labute approximate surface area is 160 Å². The van der Waals surface area contributed by atoms with Gasteiger partial charge in [-0.15, -0.1) is 0 Å². The smallest absolute Gasteiger partial charge is 0.329 e. The van der Waals surface area contributed by atoms with Crippen molar-refractivity contribution in [3.8, 4) is 0 Å². The standard InChI is InChI=1S/C18H23N5O5/c1-2-5-23-15(19)14(16(25)20-18(23)27)12(24)11-21-6-8-22(9-7-21)17(26)13-4-3-10-28-13/h3-4,10H,2,5-9,11,19H2,1H3,(H,20,25,27)/p+1. The number of piperazine rings is 1. The first-order chi connectivity index (χ1) is 13.4. The van der Waals surface area contributed by atoms with Crippen LogP contribution in [0.3, 0.4) is 0 Å². The fraction of sp³-hybridized carbons (Fsp3) is 0.444. The third kappa shape index (κ3) is 3.91. The maximum Gasteiger partial charge on any atom is 0.329 e. The van der Waals surface area contributed by atoms with Gasteiger partial charge < -0.3 is 20.0 Å². The van der Waals surface area contributed by atoms with Crippen molar-refractivity contribution in [2.45, 2.75) is 19.9 Å². The molecule has 3 heterocycles. The van der Waals surface area contributed by atoms with Crippen molar-refractivity contribution in [2.75, 3.05) is 38.5 Å². The normalized spacial score (nSPS) is 15.0. The highest BCUT2D eigenvalue weighted by molar-refractivity contribution is 6.00. The number of ketones is 1. The van der Waals surface area contributed by atoms with E-state index in [9.17, 15) is 19.2 Å². The Hall–Kier alpha value is -3.14. The number of aromatic nitrogens is 2. The number of carbonyl (C=O) groups is 2. The molecule has 3 rings (SSSR count). The summed E-state index contributed by atoms with van der Waals surface area (Å²) in [5.41, 5.74) is 4.40. The van der Waals surface area contributed by atoms with Crippen molar-refractivity contribution in [2.24, 2.45) is 0 Å². The molecule has 0 radical (unpaired) electrons. The number of hydrogen-bond donors (Lipinski definition) is 3. The fourth-order valence-corrected chi connectivity index (χ4v) is 3.38. The molecule has 0 bridgehead atoms. The minimum atomic E-state index is -0.758. The molecule has 0 aromatic carbocycles. The van der Waals surface area contributed by atoms with E-state index in [1.807, 2.05) is 6.92 Å². The first kappa shape index (κ1) is 19.6. The summed E-state index contributed by atoms with van der Waals surface area (Å²) in [6, 6.07) is 3.28. The van der Waals surface area contributed by atoms with Gasteiger partial charge in [0.2, 0.25) is 5.78 Å². The van der Waals surface area contributed by atoms with Gasteiger partial charge in [0.1, 0.15) is 17.9 Å². The monoisotopic (exact) mass is 390 g/mol. The molecule has 1 amide bonds. The van der Waals surface area contributed by atoms with Gasteiger partial charge in [-0.05, 0) is 18.6 Å². The molecule has 10 heteroatoms. The van der Waals surface area contributed by atoms with Crippen LogP contribution in [-0.2, 0) is 6.54 Å². The predicted octanol–water partition coefficient (Wildman–Crippen LogP) is -1.65. The highest BCUT2D eigenvalue weighted by atomic mass is 16.3. The van der Waals surface area contributed by atoms with E-state index >= 15 is 0 Å². The molecular formula is C18H24N5O5+. The third-order valence-electron chi connectivity index (χ3n) is 4.87. The summed E-state index contributed by atoms with van der Waals surface area (Å²) < 4.78 is 6.34. The van der Waals surface area contributed by atoms with Gasteiger partial charge in [0.05, 0.1) is 32.4 Å². The van der Waals surface area contributed by atoms with E-state index in [-0.39, 0.29) is 29.6 Å². The summed E-state index contributed by atoms with van der Waals surface area (Å²) in [5.74, 6) is -0.393. The van der Waals surface area contributed by atoms with Gasteiger partial charge in [-0.2, -0.15) is 0 Å². The molecular weight excluding hydrogens is 366 g/mol. The largest absolute Gasteiger partial charge is 0.459 e. The summed E-state index contributed by atoms with van der Waals surface area (Å²) in [6.45, 7) is 4.33. The van der Waals surface area contributed by atoms with Crippen LogP contribution < -0.4 is 21.9 Å². The molecule has 10 nitrogen and oxygen atoms in total. The Bertz CT molecular complexity index is 967. The lowest BCUT2D eigenvalue weighted by Crippen LogP contribution is -3.15. The second-order valence-corrected chi connectivity index (χ2v) is 6.79. The van der Waals surface area contributed by atoms with Gasteiger partial charge in [-0.1, -0.05) is 6.92 Å². The molecule has 1 saturated heterocycles. The summed E-state index contributed by atoms with van der Waals surface area (Å²) in [7, 11) is 0. The number of quaternary nitrogens is 1. The molecule has 1 aliphatic heterocycles. The van der Waals surface area contributed by atoms with Crippen LogP contribution in [0, 0.1) is 0 Å². The number of anilines is 1. The highest BCUT2D eigenvalue weighted by Gasteiger charge is 2.29. The van der Waals surface area contributed by atoms with Crippen LogP contribution in [0.4, 0.5) is 5.82 Å². The molecule has 0 atom stereocenters. The molecule has 0 saturated carbocycles. The van der Waals surface area contributed by atoms with Crippen LogP contribution in [0.5, 0.6) is 0 Å². The molecule has 0 unspecified atom stereocenters. The van der Waals surface area contributed by atoms with Crippen LogP contribution in [-0.4, -0.2) is 58.9 Å². The predicted molar refractivity (Wildman–Crippen MR) is 101 cm³/mol. The van der Waals surface area contributed by atoms with E-state index in [2.05, 4.69) is 4.98 Å². The van der Waals surface area contributed by atoms with Crippen LogP contribution in [0.25, 0.3) is 0 Å². The summed E-state index contributed by atoms with van der Waals surface area (Å²) in [6.07, 6.45) is 2.09. The Morgan fingerprint density at radius 2 is 2.00 bits per heavy atom. The molecule has 0 aliphatic carbocycles. The number of nitrogens with zero attached hydrogens (tertiary/aromatic N) is 2. The van der Waals surface area contributed by atoms with Crippen LogP contribution >= 0.6 is 0 Å². The maximum absolute atomic E-state index is 12.7. The second-order valence-electron chi connectivity index (χ2n) is 6.79. The quantitative estimate of drug-likeness (QED) is 0.506. The van der Waals surface area contributed by atoms with Crippen molar-refractivity contribution in [3.05, 3.63) is 50.6 Å². The number of furan rings is 1. The number of H-pyrrole nitrogens is 1. The SMILES string of the molecule is CCCn1c(N)c(C(=O)C[NH+]2CCN(C(=O)c3ccco3)CC2)c(=O)[nH]c1=O. The summed E-state index contributed by atoms with van der Waals surface area (Å²) >= 11 is 0. The molecule has 2 aromatic heterocycles. The molecule has 2 aromatic rings. The third-order valence-corrected chi connectivity index (χ3v) is 4.87. The molecule has 150 valence electrons. The zero-order chi connectivity index (χ0) is 20.3. The lowest BCUT2D eigenvalue weighted by Gasteiger charge is -2.31. The zero-order valence-corrected chi connectivity index (χ0v) is 15.7. The highest BCUT2D eigenvalue weighted by Crippen LogP contribution is 2.07. The van der Waals surface area contributed by atoms with Crippen LogP contribution in [0.1, 0.15) is 34.3 Å². The fourth-order valence-electron chi connectivity index (χ4n) is 3.38. The van der Waals surface area contributed by atoms with Gasteiger partial charge in [0, 0.05) is 6.54 Å². The summed E-state index contributed by atoms with van der Waals surface area (Å²) in [5, 5.41) is 0. The minimum Gasteiger partial charge on any atom is -0.459 e. The number of nitrogen functional groups attached to an aromatic ring is 1. The van der Waals surface area contributed by atoms with Crippen molar-refractivity contribution in [1.29, 1.82) is 0 Å². The number of nitrogens with two attached hydrogens (primary N) is 1. The van der Waals surface area contributed by atoms with E-state index in [0.717, 1.165) is 4.90 Å². The Morgan fingerprint density at radius 3 is 2.61 bits per heavy atom. The van der Waals surface area contributed by atoms with Crippen molar-refractivity contribution in [1.82, 2.24) is 14.5 Å². The second kappa shape index (κ2) is 8.26. The average molecular weight is 390 g/mol. The van der Waals surface area contributed by atoms with E-state index in [4.69, 9.17) is 10.2 Å². The van der Waals surface area contributed by atoms with Gasteiger partial charge >= 0.3 is 5.69 Å². The van der Waals surface area contributed by atoms with Gasteiger partial charge in [-0.3, -0.25) is 23.9 Å². The van der Waals surface area contributed by atoms with Gasteiger partial charge in [-0.25, -0.2) is 4.79 Å². The van der Waals surface area contributed by atoms with E-state index < -0.39 is 17.0 Å². The van der Waals surface area contributed by atoms with Gasteiger partial charge in [0.15, 0.2) is 5.76 Å². The van der Waals surface area contributed by atoms with E-state index in [1.165, 1.54) is 10.8 Å². The minimum absolute atomic E-state index is 0.0698. The number of amides is 1.